The van der Waals surface area contributed by atoms with E-state index in [4.69, 9.17) is 21.6 Å². The van der Waals surface area contributed by atoms with Gasteiger partial charge in [0.2, 0.25) is 0 Å². The molecule has 0 bridgehead atoms. The molecule has 2 aliphatic carbocycles. The molecule has 4 heteroatoms. The van der Waals surface area contributed by atoms with Gasteiger partial charge in [0, 0.05) is 6.07 Å². The van der Waals surface area contributed by atoms with Crippen LogP contribution < -0.4 is 4.74 Å². The number of benzene rings is 1. The fraction of sp³-hybridized carbons (Fsp3) is 0.667. The number of hydrogen-bond donors (Lipinski definition) is 0. The van der Waals surface area contributed by atoms with Gasteiger partial charge in [-0.15, -0.1) is 0 Å². The molecular formula is C24H32ClNO2. The summed E-state index contributed by atoms with van der Waals surface area (Å²) in [6.45, 7) is 2.28. The van der Waals surface area contributed by atoms with Gasteiger partial charge >= 0.3 is 5.97 Å². The van der Waals surface area contributed by atoms with Gasteiger partial charge in [-0.2, -0.15) is 5.26 Å². The van der Waals surface area contributed by atoms with E-state index in [0.717, 1.165) is 43.4 Å². The zero-order valence-electron chi connectivity index (χ0n) is 17.0. The molecule has 0 N–H and O–H groups in total. The van der Waals surface area contributed by atoms with Gasteiger partial charge in [0.15, 0.2) is 0 Å². The van der Waals surface area contributed by atoms with Crippen LogP contribution in [0.4, 0.5) is 0 Å². The van der Waals surface area contributed by atoms with Gasteiger partial charge in [0.25, 0.3) is 0 Å². The number of carbonyl (C=O) groups is 1. The lowest BCUT2D eigenvalue weighted by atomic mass is 9.68. The largest absolute Gasteiger partial charge is 0.426 e. The molecule has 3 rings (SSSR count). The van der Waals surface area contributed by atoms with Crippen LogP contribution in [0.5, 0.6) is 5.75 Å². The maximum atomic E-state index is 12.5. The third-order valence-electron chi connectivity index (χ3n) is 6.91. The van der Waals surface area contributed by atoms with Crippen molar-refractivity contribution in [1.82, 2.24) is 0 Å². The van der Waals surface area contributed by atoms with Crippen molar-refractivity contribution in [3.63, 3.8) is 0 Å². The first-order valence-corrected chi connectivity index (χ1v) is 11.4. The second kappa shape index (κ2) is 10.3. The van der Waals surface area contributed by atoms with Gasteiger partial charge < -0.3 is 4.74 Å². The molecule has 0 saturated heterocycles. The first-order valence-electron chi connectivity index (χ1n) is 11.0. The Labute approximate surface area is 174 Å². The Kier molecular flexibility index (Phi) is 7.80. The summed E-state index contributed by atoms with van der Waals surface area (Å²) >= 11 is 6.03. The first kappa shape index (κ1) is 21.2. The van der Waals surface area contributed by atoms with Crippen molar-refractivity contribution in [2.24, 2.45) is 23.7 Å². The Morgan fingerprint density at radius 2 is 1.75 bits per heavy atom. The topological polar surface area (TPSA) is 50.1 Å². The highest BCUT2D eigenvalue weighted by Gasteiger charge is 2.33. The van der Waals surface area contributed by atoms with E-state index in [1.165, 1.54) is 44.9 Å². The van der Waals surface area contributed by atoms with Crippen LogP contribution in [-0.2, 0) is 4.79 Å². The van der Waals surface area contributed by atoms with Crippen molar-refractivity contribution in [2.75, 3.05) is 0 Å². The molecule has 152 valence electrons. The maximum Gasteiger partial charge on any atom is 0.314 e. The Hall–Kier alpha value is -1.53. The average molecular weight is 402 g/mol. The number of halogens is 1. The third kappa shape index (κ3) is 5.51. The first-order chi connectivity index (χ1) is 13.6. The van der Waals surface area contributed by atoms with E-state index in [1.54, 1.807) is 18.2 Å². The normalized spacial score (nSPS) is 27.8. The predicted octanol–water partition coefficient (Wildman–Crippen LogP) is 6.92. The lowest BCUT2D eigenvalue weighted by Crippen LogP contribution is -2.30. The van der Waals surface area contributed by atoms with E-state index < -0.39 is 0 Å². The number of unbranched alkanes of at least 4 members (excludes halogenated alkanes) is 1. The van der Waals surface area contributed by atoms with E-state index in [0.29, 0.717) is 16.3 Å². The van der Waals surface area contributed by atoms with Crippen molar-refractivity contribution in [3.05, 3.63) is 28.8 Å². The Morgan fingerprint density at radius 3 is 2.32 bits per heavy atom. The van der Waals surface area contributed by atoms with Gasteiger partial charge in [-0.3, -0.25) is 4.79 Å². The molecule has 2 fully saturated rings. The lowest BCUT2D eigenvalue weighted by molar-refractivity contribution is -0.140. The van der Waals surface area contributed by atoms with Crippen LogP contribution in [-0.4, -0.2) is 5.97 Å². The van der Waals surface area contributed by atoms with E-state index in [2.05, 4.69) is 6.92 Å². The molecule has 0 aromatic heterocycles. The molecular weight excluding hydrogens is 370 g/mol. The quantitative estimate of drug-likeness (QED) is 0.384. The molecule has 28 heavy (non-hydrogen) atoms. The van der Waals surface area contributed by atoms with Crippen LogP contribution >= 0.6 is 11.6 Å². The molecule has 0 radical (unpaired) electrons. The van der Waals surface area contributed by atoms with Crippen molar-refractivity contribution in [3.8, 4) is 11.8 Å². The SMILES string of the molecule is CCCCC1CCC(C2CCC(C(=O)Oc3ccc(C#N)c(Cl)c3)CC2)CC1. The third-order valence-corrected chi connectivity index (χ3v) is 7.22. The molecule has 0 heterocycles. The van der Waals surface area contributed by atoms with Crippen LogP contribution in [0.3, 0.4) is 0 Å². The van der Waals surface area contributed by atoms with Crippen molar-refractivity contribution in [1.29, 1.82) is 5.26 Å². The van der Waals surface area contributed by atoms with E-state index in [1.807, 2.05) is 6.07 Å². The number of esters is 1. The fourth-order valence-electron chi connectivity index (χ4n) is 5.12. The second-order valence-electron chi connectivity index (χ2n) is 8.71. The summed E-state index contributed by atoms with van der Waals surface area (Å²) in [4.78, 5) is 12.5. The van der Waals surface area contributed by atoms with Crippen molar-refractivity contribution >= 4 is 17.6 Å². The Bertz CT molecular complexity index is 695. The molecule has 0 spiro atoms. The summed E-state index contributed by atoms with van der Waals surface area (Å²) in [5, 5.41) is 9.26. The minimum Gasteiger partial charge on any atom is -0.426 e. The summed E-state index contributed by atoms with van der Waals surface area (Å²) in [6, 6.07) is 6.81. The summed E-state index contributed by atoms with van der Waals surface area (Å²) in [5.41, 5.74) is 0.395. The van der Waals surface area contributed by atoms with Crippen LogP contribution in [0.15, 0.2) is 18.2 Å². The second-order valence-corrected chi connectivity index (χ2v) is 9.12. The van der Waals surface area contributed by atoms with E-state index >= 15 is 0 Å². The minimum atomic E-state index is -0.150. The zero-order chi connectivity index (χ0) is 19.9. The summed E-state index contributed by atoms with van der Waals surface area (Å²) in [5.74, 6) is 2.89. The molecule has 1 aromatic rings. The summed E-state index contributed by atoms with van der Waals surface area (Å²) in [7, 11) is 0. The van der Waals surface area contributed by atoms with Gasteiger partial charge in [0.1, 0.15) is 11.8 Å². The average Bonchev–Trinajstić information content (AvgIpc) is 2.73. The van der Waals surface area contributed by atoms with Gasteiger partial charge in [0.05, 0.1) is 16.5 Å². The van der Waals surface area contributed by atoms with Crippen molar-refractivity contribution < 1.29 is 9.53 Å². The smallest absolute Gasteiger partial charge is 0.314 e. The summed E-state index contributed by atoms with van der Waals surface area (Å²) in [6.07, 6.45) is 13.9. The lowest BCUT2D eigenvalue weighted by Gasteiger charge is -2.37. The Balaban J connectivity index is 1.43. The van der Waals surface area contributed by atoms with Crippen LogP contribution in [0.1, 0.15) is 83.1 Å². The molecule has 3 nitrogen and oxygen atoms in total. The van der Waals surface area contributed by atoms with Gasteiger partial charge in [-0.25, -0.2) is 0 Å². The van der Waals surface area contributed by atoms with Gasteiger partial charge in [-0.1, -0.05) is 50.6 Å². The monoisotopic (exact) mass is 401 g/mol. The standard InChI is InChI=1S/C24H32ClNO2/c1-2-3-4-17-5-7-18(8-6-17)19-9-11-20(12-10-19)24(27)28-22-14-13-21(16-26)23(25)15-22/h13-15,17-20H,2-12H2,1H3. The molecule has 2 aliphatic rings. The highest BCUT2D eigenvalue weighted by atomic mass is 35.5. The molecule has 0 unspecified atom stereocenters. The minimum absolute atomic E-state index is 0.00781. The number of hydrogen-bond acceptors (Lipinski definition) is 3. The maximum absolute atomic E-state index is 12.5. The Morgan fingerprint density at radius 1 is 1.11 bits per heavy atom. The van der Waals surface area contributed by atoms with Crippen molar-refractivity contribution in [2.45, 2.75) is 77.6 Å². The molecule has 0 amide bonds. The molecule has 0 atom stereocenters. The number of ether oxygens (including phenoxy) is 1. The van der Waals surface area contributed by atoms with Crippen LogP contribution in [0, 0.1) is 35.0 Å². The van der Waals surface area contributed by atoms with E-state index in [9.17, 15) is 4.79 Å². The highest BCUT2D eigenvalue weighted by molar-refractivity contribution is 6.31. The number of nitrogens with zero attached hydrogens (tertiary/aromatic N) is 1. The number of carbonyl (C=O) groups excluding carboxylic acids is 1. The fourth-order valence-corrected chi connectivity index (χ4v) is 5.33. The molecule has 0 aliphatic heterocycles. The van der Waals surface area contributed by atoms with E-state index in [-0.39, 0.29) is 11.9 Å². The predicted molar refractivity (Wildman–Crippen MR) is 112 cm³/mol. The number of nitriles is 1. The summed E-state index contributed by atoms with van der Waals surface area (Å²) < 4.78 is 5.53. The number of rotatable bonds is 6. The van der Waals surface area contributed by atoms with Crippen LogP contribution in [0.2, 0.25) is 5.02 Å². The van der Waals surface area contributed by atoms with Gasteiger partial charge in [-0.05, 0) is 68.4 Å². The van der Waals surface area contributed by atoms with Crippen LogP contribution in [0.25, 0.3) is 0 Å². The zero-order valence-corrected chi connectivity index (χ0v) is 17.7. The highest BCUT2D eigenvalue weighted by Crippen LogP contribution is 2.42. The molecule has 1 aromatic carbocycles. The molecule has 2 saturated carbocycles.